The van der Waals surface area contributed by atoms with Gasteiger partial charge in [0.2, 0.25) is 0 Å². The number of likely N-dealkylation sites (tertiary alicyclic amines) is 1. The number of nitrogens with zero attached hydrogens (tertiary/aromatic N) is 2. The molecular formula is C16H24N2O4. The number of carbonyl (C=O) groups is 1. The van der Waals surface area contributed by atoms with Gasteiger partial charge in [-0.3, -0.25) is 4.79 Å². The molecule has 2 aliphatic heterocycles. The summed E-state index contributed by atoms with van der Waals surface area (Å²) in [5.74, 6) is 1.11. The summed E-state index contributed by atoms with van der Waals surface area (Å²) >= 11 is 0. The van der Waals surface area contributed by atoms with Crippen LogP contribution in [0.25, 0.3) is 0 Å². The van der Waals surface area contributed by atoms with Crippen LogP contribution in [-0.2, 0) is 9.47 Å². The van der Waals surface area contributed by atoms with Gasteiger partial charge in [0.05, 0.1) is 18.4 Å². The van der Waals surface area contributed by atoms with E-state index < -0.39 is 0 Å². The maximum absolute atomic E-state index is 12.6. The van der Waals surface area contributed by atoms with Crippen molar-refractivity contribution in [3.63, 3.8) is 0 Å². The van der Waals surface area contributed by atoms with Crippen molar-refractivity contribution in [3.05, 3.63) is 17.5 Å². The van der Waals surface area contributed by atoms with Gasteiger partial charge in [-0.2, -0.15) is 0 Å². The highest BCUT2D eigenvalue weighted by molar-refractivity contribution is 5.94. The second-order valence-corrected chi connectivity index (χ2v) is 6.47. The highest BCUT2D eigenvalue weighted by Crippen LogP contribution is 2.39. The average molecular weight is 308 g/mol. The molecule has 6 heteroatoms. The van der Waals surface area contributed by atoms with Crippen LogP contribution in [0.1, 0.15) is 41.8 Å². The Kier molecular flexibility index (Phi) is 4.49. The first-order valence-electron chi connectivity index (χ1n) is 7.97. The number of aromatic nitrogens is 1. The number of methoxy groups -OCH3 is 1. The highest BCUT2D eigenvalue weighted by Gasteiger charge is 2.44. The van der Waals surface area contributed by atoms with Crippen molar-refractivity contribution >= 4 is 5.91 Å². The molecular weight excluding hydrogens is 284 g/mol. The molecule has 1 amide bonds. The summed E-state index contributed by atoms with van der Waals surface area (Å²) in [6.07, 6.45) is 5.56. The summed E-state index contributed by atoms with van der Waals surface area (Å²) in [4.78, 5) is 14.5. The van der Waals surface area contributed by atoms with Crippen molar-refractivity contribution in [2.24, 2.45) is 5.92 Å². The van der Waals surface area contributed by atoms with Gasteiger partial charge in [-0.05, 0) is 38.5 Å². The maximum atomic E-state index is 12.6. The largest absolute Gasteiger partial charge is 0.385 e. The number of piperidine rings is 1. The number of hydrogen-bond acceptors (Lipinski definition) is 5. The number of amides is 1. The first kappa shape index (κ1) is 15.5. The fraction of sp³-hybridized carbons (Fsp3) is 0.750. The van der Waals surface area contributed by atoms with E-state index in [1.54, 1.807) is 14.0 Å². The third-order valence-corrected chi connectivity index (χ3v) is 4.82. The summed E-state index contributed by atoms with van der Waals surface area (Å²) < 4.78 is 16.3. The van der Waals surface area contributed by atoms with Crippen LogP contribution in [-0.4, -0.2) is 55.0 Å². The van der Waals surface area contributed by atoms with Crippen LogP contribution in [0.2, 0.25) is 0 Å². The molecule has 2 saturated heterocycles. The number of carbonyl (C=O) groups excluding carboxylic acids is 1. The molecule has 1 aromatic heterocycles. The Labute approximate surface area is 130 Å². The third-order valence-electron chi connectivity index (χ3n) is 4.82. The second-order valence-electron chi connectivity index (χ2n) is 6.47. The van der Waals surface area contributed by atoms with Crippen molar-refractivity contribution < 1.29 is 18.8 Å². The van der Waals surface area contributed by atoms with Crippen LogP contribution in [0.5, 0.6) is 0 Å². The van der Waals surface area contributed by atoms with Gasteiger partial charge >= 0.3 is 0 Å². The molecule has 0 saturated carbocycles. The molecule has 3 rings (SSSR count). The van der Waals surface area contributed by atoms with Crippen molar-refractivity contribution in [1.29, 1.82) is 0 Å². The summed E-state index contributed by atoms with van der Waals surface area (Å²) in [5, 5.41) is 3.70. The Balaban J connectivity index is 1.65. The summed E-state index contributed by atoms with van der Waals surface area (Å²) in [6, 6.07) is 0. The molecule has 0 radical (unpaired) electrons. The van der Waals surface area contributed by atoms with E-state index in [2.05, 4.69) is 5.16 Å². The van der Waals surface area contributed by atoms with E-state index in [0.29, 0.717) is 23.8 Å². The molecule has 6 nitrogen and oxygen atoms in total. The van der Waals surface area contributed by atoms with Gasteiger partial charge < -0.3 is 18.9 Å². The van der Waals surface area contributed by atoms with Crippen molar-refractivity contribution in [1.82, 2.24) is 10.1 Å². The molecule has 2 atom stereocenters. The van der Waals surface area contributed by atoms with Crippen LogP contribution in [0.4, 0.5) is 0 Å². The topological polar surface area (TPSA) is 64.8 Å². The van der Waals surface area contributed by atoms with Crippen LogP contribution in [0.15, 0.2) is 10.7 Å². The molecule has 122 valence electrons. The molecule has 0 N–H and O–H groups in total. The molecule has 0 aliphatic carbocycles. The lowest BCUT2D eigenvalue weighted by Crippen LogP contribution is -2.50. The van der Waals surface area contributed by atoms with E-state index in [1.807, 2.05) is 4.90 Å². The minimum Gasteiger partial charge on any atom is -0.385 e. The Bertz CT molecular complexity index is 530. The zero-order chi connectivity index (χ0) is 15.6. The summed E-state index contributed by atoms with van der Waals surface area (Å²) in [6.45, 7) is 4.76. The predicted octanol–water partition coefficient (Wildman–Crippen LogP) is 2.03. The van der Waals surface area contributed by atoms with E-state index in [9.17, 15) is 4.79 Å². The minimum atomic E-state index is -0.169. The number of ether oxygens (including phenoxy) is 2. The maximum Gasteiger partial charge on any atom is 0.259 e. The molecule has 0 unspecified atom stereocenters. The van der Waals surface area contributed by atoms with Crippen molar-refractivity contribution in [2.45, 2.75) is 38.2 Å². The zero-order valence-corrected chi connectivity index (χ0v) is 13.3. The van der Waals surface area contributed by atoms with Crippen LogP contribution < -0.4 is 0 Å². The normalized spacial score (nSPS) is 28.5. The van der Waals surface area contributed by atoms with Crippen LogP contribution >= 0.6 is 0 Å². The smallest absolute Gasteiger partial charge is 0.259 e. The Morgan fingerprint density at radius 3 is 3.18 bits per heavy atom. The zero-order valence-electron chi connectivity index (χ0n) is 13.3. The van der Waals surface area contributed by atoms with Gasteiger partial charge in [0.1, 0.15) is 11.3 Å². The fourth-order valence-electron chi connectivity index (χ4n) is 3.64. The Morgan fingerprint density at radius 1 is 1.59 bits per heavy atom. The van der Waals surface area contributed by atoms with Crippen molar-refractivity contribution in [2.75, 3.05) is 33.4 Å². The van der Waals surface area contributed by atoms with E-state index in [1.165, 1.54) is 6.20 Å². The van der Waals surface area contributed by atoms with Gasteiger partial charge in [-0.15, -0.1) is 0 Å². The number of rotatable bonds is 4. The molecule has 2 aliphatic rings. The van der Waals surface area contributed by atoms with E-state index >= 15 is 0 Å². The number of aryl methyl sites for hydroxylation is 1. The van der Waals surface area contributed by atoms with Gasteiger partial charge in [0.25, 0.3) is 5.91 Å². The highest BCUT2D eigenvalue weighted by atomic mass is 16.5. The predicted molar refractivity (Wildman–Crippen MR) is 79.7 cm³/mol. The molecule has 3 heterocycles. The average Bonchev–Trinajstić information content (AvgIpc) is 3.11. The first-order valence-corrected chi connectivity index (χ1v) is 7.97. The lowest BCUT2D eigenvalue weighted by atomic mass is 9.85. The number of hydrogen-bond donors (Lipinski definition) is 0. The van der Waals surface area contributed by atoms with Gasteiger partial charge in [0.15, 0.2) is 0 Å². The summed E-state index contributed by atoms with van der Waals surface area (Å²) in [7, 11) is 1.73. The molecule has 22 heavy (non-hydrogen) atoms. The quantitative estimate of drug-likeness (QED) is 0.851. The van der Waals surface area contributed by atoms with Gasteiger partial charge in [-0.1, -0.05) is 5.16 Å². The first-order chi connectivity index (χ1) is 10.6. The lowest BCUT2D eigenvalue weighted by Gasteiger charge is -2.39. The van der Waals surface area contributed by atoms with E-state index in [-0.39, 0.29) is 11.5 Å². The van der Waals surface area contributed by atoms with E-state index in [4.69, 9.17) is 14.0 Å². The Hall–Kier alpha value is -1.40. The molecule has 0 bridgehead atoms. The molecule has 0 aromatic carbocycles. The lowest BCUT2D eigenvalue weighted by molar-refractivity contribution is -0.0450. The minimum absolute atomic E-state index is 0.00164. The summed E-state index contributed by atoms with van der Waals surface area (Å²) in [5.41, 5.74) is 0.392. The Morgan fingerprint density at radius 2 is 2.45 bits per heavy atom. The molecule has 1 spiro atoms. The SMILES string of the molecule is COCC[C@@H]1CO[C@@]2(CCCN(C(=O)c3cnoc3C)C2)C1. The fourth-order valence-corrected chi connectivity index (χ4v) is 3.64. The second kappa shape index (κ2) is 6.38. The third kappa shape index (κ3) is 3.03. The van der Waals surface area contributed by atoms with Crippen molar-refractivity contribution in [3.8, 4) is 0 Å². The van der Waals surface area contributed by atoms with Gasteiger partial charge in [0, 0.05) is 26.8 Å². The monoisotopic (exact) mass is 308 g/mol. The van der Waals surface area contributed by atoms with Gasteiger partial charge in [-0.25, -0.2) is 0 Å². The standard InChI is InChI=1S/C16H24N2O4/c1-12-14(9-17-22-12)15(19)18-6-3-5-16(11-18)8-13(10-21-16)4-7-20-2/h9,13H,3-8,10-11H2,1-2H3/t13-,16-/m0/s1. The van der Waals surface area contributed by atoms with Crippen LogP contribution in [0.3, 0.4) is 0 Å². The molecule has 2 fully saturated rings. The van der Waals surface area contributed by atoms with Crippen LogP contribution in [0, 0.1) is 12.8 Å². The molecule has 1 aromatic rings. The van der Waals surface area contributed by atoms with E-state index in [0.717, 1.165) is 45.4 Å².